The number of β-lactam (4-membered cyclic amide) rings is 1. The Morgan fingerprint density at radius 3 is 1.80 bits per heavy atom. The topological polar surface area (TPSA) is 59.0 Å². The third kappa shape index (κ3) is 6.98. The normalized spacial score (nSPS) is 19.6. The average molecular weight is 551 g/mol. The van der Waals surface area contributed by atoms with Crippen molar-refractivity contribution in [3.8, 4) is 0 Å². The van der Waals surface area contributed by atoms with E-state index in [1.165, 1.54) is 24.3 Å². The fraction of sp³-hybridized carbons (Fsp3) is 0.406. The lowest BCUT2D eigenvalue weighted by molar-refractivity contribution is -0.124. The van der Waals surface area contributed by atoms with Crippen LogP contribution in [0.4, 0.5) is 14.5 Å². The van der Waals surface area contributed by atoms with Gasteiger partial charge in [-0.25, -0.2) is 8.78 Å². The van der Waals surface area contributed by atoms with Gasteiger partial charge in [-0.3, -0.25) is 4.79 Å². The molecule has 0 spiro atoms. The molecule has 2 aliphatic heterocycles. The highest BCUT2D eigenvalue weighted by molar-refractivity contribution is 6.62. The van der Waals surface area contributed by atoms with E-state index in [1.807, 2.05) is 72.7 Å². The second-order valence-corrected chi connectivity index (χ2v) is 10.7. The number of carbonyl (C=O) groups excluding carboxylic acids is 1. The van der Waals surface area contributed by atoms with Gasteiger partial charge < -0.3 is 19.3 Å². The summed E-state index contributed by atoms with van der Waals surface area (Å²) in [5.74, 6) is -0.534. The Bertz CT molecular complexity index is 1230. The van der Waals surface area contributed by atoms with Crippen molar-refractivity contribution < 1.29 is 28.0 Å². The number of halogens is 2. The zero-order valence-corrected chi connectivity index (χ0v) is 24.4. The lowest BCUT2D eigenvalue weighted by atomic mass is 9.78. The predicted molar refractivity (Wildman–Crippen MR) is 156 cm³/mol. The predicted octanol–water partition coefficient (Wildman–Crippen LogP) is 6.90. The van der Waals surface area contributed by atoms with E-state index in [1.54, 1.807) is 29.2 Å². The summed E-state index contributed by atoms with van der Waals surface area (Å²) in [4.78, 5) is 13.8. The summed E-state index contributed by atoms with van der Waals surface area (Å²) in [5, 5.41) is 9.30. The highest BCUT2D eigenvalue weighted by Crippen LogP contribution is 2.39. The van der Waals surface area contributed by atoms with E-state index in [0.29, 0.717) is 18.5 Å². The van der Waals surface area contributed by atoms with Crippen molar-refractivity contribution in [2.75, 3.05) is 4.90 Å². The van der Waals surface area contributed by atoms with Gasteiger partial charge in [-0.2, -0.15) is 0 Å². The number of amides is 1. The van der Waals surface area contributed by atoms with Crippen LogP contribution in [0.3, 0.4) is 0 Å². The maximum atomic E-state index is 13.2. The maximum absolute atomic E-state index is 13.2. The molecule has 0 saturated carbocycles. The van der Waals surface area contributed by atoms with Crippen molar-refractivity contribution >= 4 is 24.2 Å². The third-order valence-electron chi connectivity index (χ3n) is 7.54. The van der Waals surface area contributed by atoms with Crippen molar-refractivity contribution in [3.63, 3.8) is 0 Å². The number of nitrogens with zero attached hydrogens (tertiary/aromatic N) is 1. The number of aliphatic hydroxyl groups excluding tert-OH is 1. The van der Waals surface area contributed by atoms with Crippen molar-refractivity contribution in [1.82, 2.24) is 0 Å². The van der Waals surface area contributed by atoms with Crippen LogP contribution in [0.5, 0.6) is 0 Å². The van der Waals surface area contributed by atoms with E-state index in [4.69, 9.17) is 9.31 Å². The summed E-state index contributed by atoms with van der Waals surface area (Å²) in [6, 6.07) is 19.9. The molecule has 8 heteroatoms. The number of hydrogen-bond donors (Lipinski definition) is 1. The molecule has 0 unspecified atom stereocenters. The number of benzene rings is 3. The molecule has 0 bridgehead atoms. The number of hydrogen-bond acceptors (Lipinski definition) is 4. The minimum atomic E-state index is -0.462. The zero-order chi connectivity index (χ0) is 29.7. The standard InChI is InChI=1S/C21H23BFNO3.C9H11FO.C2H6/c1-20(2)21(3,4)27-22(26-20)15-7-5-14(6-8-15)18-13-19(25)24(18)17-11-9-16(23)10-12-17;1-2-9(11)7-3-5-8(10)6-4-7;1-2/h5-12,18H,13H2,1-4H3;3-6,9,11H,2H2,1H3;1-2H3/t18-;9-;/m00./s1. The highest BCUT2D eigenvalue weighted by atomic mass is 19.1. The first-order chi connectivity index (χ1) is 18.9. The van der Waals surface area contributed by atoms with E-state index in [0.717, 1.165) is 16.6 Å². The third-order valence-corrected chi connectivity index (χ3v) is 7.54. The molecule has 0 aromatic heterocycles. The molecule has 214 valence electrons. The molecular weight excluding hydrogens is 511 g/mol. The molecular formula is C32H40BF2NO4. The largest absolute Gasteiger partial charge is 0.494 e. The summed E-state index contributed by atoms with van der Waals surface area (Å²) >= 11 is 0. The smallest absolute Gasteiger partial charge is 0.399 e. The summed E-state index contributed by atoms with van der Waals surface area (Å²) in [6.07, 6.45) is 0.648. The lowest BCUT2D eigenvalue weighted by Crippen LogP contribution is -2.46. The first-order valence-electron chi connectivity index (χ1n) is 13.9. The van der Waals surface area contributed by atoms with Crippen molar-refractivity contribution in [2.24, 2.45) is 0 Å². The average Bonchev–Trinajstić information content (AvgIpc) is 3.16. The maximum Gasteiger partial charge on any atom is 0.494 e. The van der Waals surface area contributed by atoms with Gasteiger partial charge in [-0.15, -0.1) is 0 Å². The van der Waals surface area contributed by atoms with Crippen molar-refractivity contribution in [2.45, 2.75) is 84.7 Å². The Hall–Kier alpha value is -3.07. The summed E-state index contributed by atoms with van der Waals surface area (Å²) in [6.45, 7) is 14.0. The van der Waals surface area contributed by atoms with E-state index < -0.39 is 13.2 Å². The van der Waals surface area contributed by atoms with E-state index >= 15 is 0 Å². The SMILES string of the molecule is CC.CC1(C)OB(c2ccc([C@@H]3CC(=O)N3c3ccc(F)cc3)cc2)OC1(C)C.CC[C@H](O)c1ccc(F)cc1. The summed E-state index contributed by atoms with van der Waals surface area (Å²) < 4.78 is 37.7. The van der Waals surface area contributed by atoms with Crippen LogP contribution in [0.25, 0.3) is 0 Å². The molecule has 2 heterocycles. The Morgan fingerprint density at radius 2 is 1.35 bits per heavy atom. The molecule has 5 rings (SSSR count). The number of aliphatic hydroxyl groups is 1. The van der Waals surface area contributed by atoms with E-state index in [9.17, 15) is 18.7 Å². The number of carbonyl (C=O) groups is 1. The lowest BCUT2D eigenvalue weighted by Gasteiger charge is -2.40. The van der Waals surface area contributed by atoms with Gasteiger partial charge in [-0.05, 0) is 87.1 Å². The van der Waals surface area contributed by atoms with Gasteiger partial charge in [0.15, 0.2) is 0 Å². The van der Waals surface area contributed by atoms with Crippen LogP contribution >= 0.6 is 0 Å². The van der Waals surface area contributed by atoms with E-state index in [2.05, 4.69) is 0 Å². The van der Waals surface area contributed by atoms with Gasteiger partial charge in [0.05, 0.1) is 29.8 Å². The summed E-state index contributed by atoms with van der Waals surface area (Å²) in [7, 11) is -0.403. The fourth-order valence-corrected chi connectivity index (χ4v) is 4.38. The van der Waals surface area contributed by atoms with Gasteiger partial charge in [-0.1, -0.05) is 57.2 Å². The van der Waals surface area contributed by atoms with Gasteiger partial charge in [0.2, 0.25) is 5.91 Å². The molecule has 0 aliphatic carbocycles. The quantitative estimate of drug-likeness (QED) is 0.277. The van der Waals surface area contributed by atoms with Crippen molar-refractivity contribution in [1.29, 1.82) is 0 Å². The second kappa shape index (κ2) is 13.1. The van der Waals surface area contributed by atoms with Crippen LogP contribution in [-0.4, -0.2) is 29.3 Å². The highest BCUT2D eigenvalue weighted by Gasteiger charge is 2.51. The van der Waals surface area contributed by atoms with Crippen molar-refractivity contribution in [3.05, 3.63) is 95.6 Å². The summed E-state index contributed by atoms with van der Waals surface area (Å²) in [5.41, 5.74) is 2.73. The molecule has 1 N–H and O–H groups in total. The van der Waals surface area contributed by atoms with Gasteiger partial charge in [0.1, 0.15) is 11.6 Å². The van der Waals surface area contributed by atoms with Crippen LogP contribution in [0.15, 0.2) is 72.8 Å². The first-order valence-corrected chi connectivity index (χ1v) is 13.9. The molecule has 1 amide bonds. The molecule has 2 aliphatic rings. The van der Waals surface area contributed by atoms with Gasteiger partial charge in [0.25, 0.3) is 0 Å². The molecule has 2 atom stereocenters. The Labute approximate surface area is 237 Å². The van der Waals surface area contributed by atoms with Crippen LogP contribution in [0.2, 0.25) is 0 Å². The molecule has 3 aromatic rings. The molecule has 0 radical (unpaired) electrons. The minimum absolute atomic E-state index is 0.0321. The monoisotopic (exact) mass is 551 g/mol. The van der Waals surface area contributed by atoms with E-state index in [-0.39, 0.29) is 34.8 Å². The van der Waals surface area contributed by atoms with Crippen LogP contribution in [-0.2, 0) is 14.1 Å². The van der Waals surface area contributed by atoms with Crippen LogP contribution < -0.4 is 10.4 Å². The minimum Gasteiger partial charge on any atom is -0.399 e. The van der Waals surface area contributed by atoms with Gasteiger partial charge in [0, 0.05) is 5.69 Å². The number of rotatable bonds is 5. The number of anilines is 1. The Kier molecular flexibility index (Phi) is 10.3. The first kappa shape index (κ1) is 31.5. The molecule has 5 nitrogen and oxygen atoms in total. The molecule has 2 fully saturated rings. The second-order valence-electron chi connectivity index (χ2n) is 10.7. The van der Waals surface area contributed by atoms with Crippen LogP contribution in [0, 0.1) is 11.6 Å². The fourth-order valence-electron chi connectivity index (χ4n) is 4.38. The zero-order valence-electron chi connectivity index (χ0n) is 24.4. The molecule has 3 aromatic carbocycles. The van der Waals surface area contributed by atoms with Gasteiger partial charge >= 0.3 is 7.12 Å². The Morgan fingerprint density at radius 1 is 0.875 bits per heavy atom. The van der Waals surface area contributed by atoms with Crippen LogP contribution in [0.1, 0.15) is 84.6 Å². The molecule has 40 heavy (non-hydrogen) atoms. The Balaban J connectivity index is 0.000000285. The molecule has 2 saturated heterocycles.